The SMILES string of the molecule is CN1CCCc2cc(CNC(=O)NCC3(C)CCCC3)ccc21. The molecule has 1 aliphatic heterocycles. The maximum atomic E-state index is 12.0. The number of hydrogen-bond donors (Lipinski definition) is 2. The summed E-state index contributed by atoms with van der Waals surface area (Å²) < 4.78 is 0. The Bertz CT molecular complexity index is 564. The smallest absolute Gasteiger partial charge is 0.315 e. The second-order valence-corrected chi connectivity index (χ2v) is 7.54. The number of amides is 2. The zero-order valence-corrected chi connectivity index (χ0v) is 14.5. The Hall–Kier alpha value is -1.71. The van der Waals surface area contributed by atoms with Gasteiger partial charge in [-0.3, -0.25) is 0 Å². The zero-order valence-electron chi connectivity index (χ0n) is 14.5. The molecule has 0 spiro atoms. The van der Waals surface area contributed by atoms with Gasteiger partial charge in [0.1, 0.15) is 0 Å². The van der Waals surface area contributed by atoms with Crippen LogP contribution in [0.25, 0.3) is 0 Å². The van der Waals surface area contributed by atoms with E-state index in [1.807, 2.05) is 0 Å². The second-order valence-electron chi connectivity index (χ2n) is 7.54. The third kappa shape index (κ3) is 3.98. The summed E-state index contributed by atoms with van der Waals surface area (Å²) >= 11 is 0. The number of carbonyl (C=O) groups excluding carboxylic acids is 1. The first-order valence-electron chi connectivity index (χ1n) is 8.90. The Balaban J connectivity index is 1.49. The van der Waals surface area contributed by atoms with Crippen LogP contribution in [-0.2, 0) is 13.0 Å². The van der Waals surface area contributed by atoms with Crippen molar-refractivity contribution in [3.8, 4) is 0 Å². The molecule has 1 aliphatic carbocycles. The number of rotatable bonds is 4. The van der Waals surface area contributed by atoms with Crippen LogP contribution in [0.1, 0.15) is 50.2 Å². The van der Waals surface area contributed by atoms with Gasteiger partial charge in [-0.1, -0.05) is 31.9 Å². The Labute approximate surface area is 139 Å². The molecule has 1 heterocycles. The molecular weight excluding hydrogens is 286 g/mol. The Morgan fingerprint density at radius 3 is 2.78 bits per heavy atom. The molecule has 1 saturated carbocycles. The monoisotopic (exact) mass is 315 g/mol. The van der Waals surface area contributed by atoms with E-state index in [2.05, 4.69) is 47.7 Å². The average Bonchev–Trinajstić information content (AvgIpc) is 2.98. The van der Waals surface area contributed by atoms with Gasteiger partial charge in [0, 0.05) is 32.4 Å². The first-order valence-corrected chi connectivity index (χ1v) is 8.90. The summed E-state index contributed by atoms with van der Waals surface area (Å²) in [5.74, 6) is 0. The summed E-state index contributed by atoms with van der Waals surface area (Å²) in [6.45, 7) is 4.79. The van der Waals surface area contributed by atoms with Crippen LogP contribution in [0.5, 0.6) is 0 Å². The van der Waals surface area contributed by atoms with E-state index < -0.39 is 0 Å². The van der Waals surface area contributed by atoms with Crippen molar-refractivity contribution in [3.05, 3.63) is 29.3 Å². The predicted molar refractivity (Wildman–Crippen MR) is 94.8 cm³/mol. The predicted octanol–water partition coefficient (Wildman–Crippen LogP) is 3.45. The van der Waals surface area contributed by atoms with Gasteiger partial charge in [0.25, 0.3) is 0 Å². The van der Waals surface area contributed by atoms with Crippen LogP contribution in [0.4, 0.5) is 10.5 Å². The van der Waals surface area contributed by atoms with Crippen molar-refractivity contribution in [2.45, 2.75) is 52.0 Å². The lowest BCUT2D eigenvalue weighted by atomic mass is 9.89. The third-order valence-electron chi connectivity index (χ3n) is 5.43. The molecule has 2 amide bonds. The number of urea groups is 1. The highest BCUT2D eigenvalue weighted by Gasteiger charge is 2.28. The number of fused-ring (bicyclic) bond motifs is 1. The summed E-state index contributed by atoms with van der Waals surface area (Å²) in [5, 5.41) is 6.04. The van der Waals surface area contributed by atoms with Crippen LogP contribution < -0.4 is 15.5 Å². The molecule has 126 valence electrons. The van der Waals surface area contributed by atoms with Crippen LogP contribution in [0.3, 0.4) is 0 Å². The van der Waals surface area contributed by atoms with E-state index in [4.69, 9.17) is 0 Å². The van der Waals surface area contributed by atoms with Gasteiger partial charge in [-0.25, -0.2) is 4.79 Å². The van der Waals surface area contributed by atoms with Crippen molar-refractivity contribution in [1.82, 2.24) is 10.6 Å². The highest BCUT2D eigenvalue weighted by Crippen LogP contribution is 2.36. The van der Waals surface area contributed by atoms with Gasteiger partial charge in [0.15, 0.2) is 0 Å². The highest BCUT2D eigenvalue weighted by atomic mass is 16.2. The normalized spacial score (nSPS) is 19.3. The molecule has 0 atom stereocenters. The topological polar surface area (TPSA) is 44.4 Å². The van der Waals surface area contributed by atoms with Crippen LogP contribution in [0.2, 0.25) is 0 Å². The van der Waals surface area contributed by atoms with E-state index >= 15 is 0 Å². The number of carbonyl (C=O) groups is 1. The molecule has 1 fully saturated rings. The first-order chi connectivity index (χ1) is 11.1. The molecular formula is C19H29N3O. The van der Waals surface area contributed by atoms with Crippen molar-refractivity contribution < 1.29 is 4.79 Å². The summed E-state index contributed by atoms with van der Waals surface area (Å²) in [5.41, 5.74) is 4.21. The largest absolute Gasteiger partial charge is 0.374 e. The number of nitrogens with one attached hydrogen (secondary N) is 2. The van der Waals surface area contributed by atoms with Crippen LogP contribution in [0, 0.1) is 5.41 Å². The lowest BCUT2D eigenvalue weighted by Gasteiger charge is -2.28. The minimum absolute atomic E-state index is 0.0482. The van der Waals surface area contributed by atoms with Crippen LogP contribution in [0.15, 0.2) is 18.2 Å². The number of aryl methyl sites for hydroxylation is 1. The maximum Gasteiger partial charge on any atom is 0.315 e. The maximum absolute atomic E-state index is 12.0. The lowest BCUT2D eigenvalue weighted by Crippen LogP contribution is -2.40. The van der Waals surface area contributed by atoms with Gasteiger partial charge in [-0.05, 0) is 48.3 Å². The second kappa shape index (κ2) is 6.81. The summed E-state index contributed by atoms with van der Waals surface area (Å²) in [6, 6.07) is 6.50. The Morgan fingerprint density at radius 2 is 2.00 bits per heavy atom. The molecule has 3 rings (SSSR count). The van der Waals surface area contributed by atoms with Crippen LogP contribution >= 0.6 is 0 Å². The third-order valence-corrected chi connectivity index (χ3v) is 5.43. The van der Waals surface area contributed by atoms with E-state index in [1.165, 1.54) is 48.9 Å². The van der Waals surface area contributed by atoms with Gasteiger partial charge >= 0.3 is 6.03 Å². The van der Waals surface area contributed by atoms with Crippen LogP contribution in [-0.4, -0.2) is 26.2 Å². The highest BCUT2D eigenvalue weighted by molar-refractivity contribution is 5.74. The fraction of sp³-hybridized carbons (Fsp3) is 0.632. The standard InChI is InChI=1S/C19H29N3O/c1-19(9-3-4-10-19)14-21-18(23)20-13-15-7-8-17-16(12-15)6-5-11-22(17)2/h7-8,12H,3-6,9-11,13-14H2,1-2H3,(H2,20,21,23). The molecule has 1 aromatic rings. The molecule has 4 heteroatoms. The Morgan fingerprint density at radius 1 is 1.22 bits per heavy atom. The average molecular weight is 315 g/mol. The van der Waals surface area contributed by atoms with E-state index in [1.54, 1.807) is 0 Å². The van der Waals surface area contributed by atoms with E-state index in [9.17, 15) is 4.79 Å². The van der Waals surface area contributed by atoms with Gasteiger partial charge < -0.3 is 15.5 Å². The van der Waals surface area contributed by atoms with Gasteiger partial charge in [0.2, 0.25) is 0 Å². The summed E-state index contributed by atoms with van der Waals surface area (Å²) in [4.78, 5) is 14.3. The molecule has 0 aromatic heterocycles. The Kier molecular flexibility index (Phi) is 4.79. The molecule has 4 nitrogen and oxygen atoms in total. The molecule has 0 bridgehead atoms. The molecule has 0 unspecified atom stereocenters. The first kappa shape index (κ1) is 16.2. The number of hydrogen-bond acceptors (Lipinski definition) is 2. The molecule has 1 aromatic carbocycles. The van der Waals surface area contributed by atoms with Crippen molar-refractivity contribution >= 4 is 11.7 Å². The number of benzene rings is 1. The molecule has 0 radical (unpaired) electrons. The van der Waals surface area contributed by atoms with Crippen molar-refractivity contribution in [1.29, 1.82) is 0 Å². The summed E-state index contributed by atoms with van der Waals surface area (Å²) in [6.07, 6.45) is 7.39. The molecule has 2 N–H and O–H groups in total. The van der Waals surface area contributed by atoms with Gasteiger partial charge in [-0.2, -0.15) is 0 Å². The minimum atomic E-state index is -0.0482. The number of anilines is 1. The molecule has 0 saturated heterocycles. The fourth-order valence-electron chi connectivity index (χ4n) is 3.89. The van der Waals surface area contributed by atoms with E-state index in [-0.39, 0.29) is 6.03 Å². The van der Waals surface area contributed by atoms with Gasteiger partial charge in [0.05, 0.1) is 0 Å². The fourth-order valence-corrected chi connectivity index (χ4v) is 3.89. The van der Waals surface area contributed by atoms with Crippen molar-refractivity contribution in [2.75, 3.05) is 25.0 Å². The number of nitrogens with zero attached hydrogens (tertiary/aromatic N) is 1. The lowest BCUT2D eigenvalue weighted by molar-refractivity contribution is 0.231. The molecule has 23 heavy (non-hydrogen) atoms. The van der Waals surface area contributed by atoms with E-state index in [0.717, 1.165) is 19.5 Å². The van der Waals surface area contributed by atoms with Crippen molar-refractivity contribution in [3.63, 3.8) is 0 Å². The minimum Gasteiger partial charge on any atom is -0.374 e. The zero-order chi connectivity index (χ0) is 16.3. The summed E-state index contributed by atoms with van der Waals surface area (Å²) in [7, 11) is 2.15. The van der Waals surface area contributed by atoms with Crippen molar-refractivity contribution in [2.24, 2.45) is 5.41 Å². The van der Waals surface area contributed by atoms with Gasteiger partial charge in [-0.15, -0.1) is 0 Å². The van der Waals surface area contributed by atoms with E-state index in [0.29, 0.717) is 12.0 Å². The quantitative estimate of drug-likeness (QED) is 0.894. The molecule has 2 aliphatic rings.